The van der Waals surface area contributed by atoms with Crippen LogP contribution in [-0.4, -0.2) is 28.2 Å². The summed E-state index contributed by atoms with van der Waals surface area (Å²) in [6.45, 7) is 5.34. The Balaban J connectivity index is 2.08. The van der Waals surface area contributed by atoms with Gasteiger partial charge in [-0.05, 0) is 18.4 Å². The van der Waals surface area contributed by atoms with Crippen LogP contribution < -0.4 is 5.32 Å². The topological polar surface area (TPSA) is 37.8 Å². The van der Waals surface area contributed by atoms with Gasteiger partial charge in [0.2, 0.25) is 0 Å². The van der Waals surface area contributed by atoms with Crippen molar-refractivity contribution < 1.29 is 0 Å². The maximum Gasteiger partial charge on any atom is 0.175 e. The van der Waals surface area contributed by atoms with E-state index >= 15 is 0 Å². The lowest BCUT2D eigenvalue weighted by Gasteiger charge is -2.24. The molecule has 0 saturated heterocycles. The number of thioether (sulfide) groups is 2. The SMILES string of the molecule is CCNC(c1ccccc1)C(C)Sc1nnc(SC)s1. The summed E-state index contributed by atoms with van der Waals surface area (Å²) < 4.78 is 2.07. The molecule has 1 heterocycles. The monoisotopic (exact) mass is 325 g/mol. The summed E-state index contributed by atoms with van der Waals surface area (Å²) in [4.78, 5) is 0. The zero-order chi connectivity index (χ0) is 14.4. The maximum atomic E-state index is 4.25. The standard InChI is InChI=1S/C14H19N3S3/c1-4-15-12(11-8-6-5-7-9-11)10(2)19-14-17-16-13(18-3)20-14/h5-10,12,15H,4H2,1-3H3. The van der Waals surface area contributed by atoms with Gasteiger partial charge in [-0.1, -0.05) is 79.0 Å². The van der Waals surface area contributed by atoms with E-state index in [-0.39, 0.29) is 0 Å². The Hall–Kier alpha value is -0.560. The normalized spacial score (nSPS) is 14.2. The molecule has 6 heteroatoms. The third kappa shape index (κ3) is 4.22. The summed E-state index contributed by atoms with van der Waals surface area (Å²) in [5.74, 6) is 0. The van der Waals surface area contributed by atoms with E-state index < -0.39 is 0 Å². The molecule has 2 aromatic rings. The molecule has 20 heavy (non-hydrogen) atoms. The molecule has 0 bridgehead atoms. The quantitative estimate of drug-likeness (QED) is 0.776. The number of nitrogens with one attached hydrogen (secondary N) is 1. The predicted octanol–water partition coefficient (Wildman–Crippen LogP) is 4.09. The molecule has 0 saturated carbocycles. The molecule has 2 rings (SSSR count). The number of rotatable bonds is 7. The molecule has 1 N–H and O–H groups in total. The van der Waals surface area contributed by atoms with E-state index in [9.17, 15) is 0 Å². The van der Waals surface area contributed by atoms with Crippen LogP contribution in [0.5, 0.6) is 0 Å². The number of hydrogen-bond acceptors (Lipinski definition) is 6. The predicted molar refractivity (Wildman–Crippen MR) is 89.9 cm³/mol. The van der Waals surface area contributed by atoms with Crippen LogP contribution in [0, 0.1) is 0 Å². The molecular weight excluding hydrogens is 306 g/mol. The van der Waals surface area contributed by atoms with E-state index in [0.717, 1.165) is 15.2 Å². The molecule has 2 atom stereocenters. The molecule has 0 fully saturated rings. The Bertz CT molecular complexity index is 515. The fourth-order valence-electron chi connectivity index (χ4n) is 1.99. The van der Waals surface area contributed by atoms with Gasteiger partial charge in [-0.15, -0.1) is 10.2 Å². The second kappa shape index (κ2) is 8.02. The highest BCUT2D eigenvalue weighted by Crippen LogP contribution is 2.35. The van der Waals surface area contributed by atoms with Crippen molar-refractivity contribution in [3.63, 3.8) is 0 Å². The lowest BCUT2D eigenvalue weighted by molar-refractivity contribution is 0.548. The van der Waals surface area contributed by atoms with E-state index in [0.29, 0.717) is 11.3 Å². The van der Waals surface area contributed by atoms with E-state index in [1.54, 1.807) is 34.9 Å². The van der Waals surface area contributed by atoms with Gasteiger partial charge in [-0.3, -0.25) is 0 Å². The van der Waals surface area contributed by atoms with Crippen LogP contribution in [0.2, 0.25) is 0 Å². The Kier molecular flexibility index (Phi) is 6.35. The Morgan fingerprint density at radius 3 is 2.50 bits per heavy atom. The fourth-order valence-corrected chi connectivity index (χ4v) is 4.83. The van der Waals surface area contributed by atoms with Crippen LogP contribution in [0.3, 0.4) is 0 Å². The van der Waals surface area contributed by atoms with E-state index in [2.05, 4.69) is 59.7 Å². The van der Waals surface area contributed by atoms with E-state index in [1.165, 1.54) is 5.56 Å². The molecule has 3 nitrogen and oxygen atoms in total. The van der Waals surface area contributed by atoms with Crippen LogP contribution in [0.4, 0.5) is 0 Å². The van der Waals surface area contributed by atoms with Crippen molar-refractivity contribution in [3.8, 4) is 0 Å². The van der Waals surface area contributed by atoms with Gasteiger partial charge in [0.15, 0.2) is 8.68 Å². The van der Waals surface area contributed by atoms with Crippen LogP contribution in [0.25, 0.3) is 0 Å². The first-order chi connectivity index (χ1) is 9.74. The van der Waals surface area contributed by atoms with Gasteiger partial charge >= 0.3 is 0 Å². The van der Waals surface area contributed by atoms with Gasteiger partial charge in [-0.2, -0.15) is 0 Å². The molecule has 1 aromatic carbocycles. The summed E-state index contributed by atoms with van der Waals surface area (Å²) in [6, 6.07) is 10.9. The summed E-state index contributed by atoms with van der Waals surface area (Å²) in [6.07, 6.45) is 2.03. The first-order valence-electron chi connectivity index (χ1n) is 6.57. The first kappa shape index (κ1) is 15.8. The Morgan fingerprint density at radius 1 is 1.20 bits per heavy atom. The van der Waals surface area contributed by atoms with Crippen molar-refractivity contribution in [1.82, 2.24) is 15.5 Å². The van der Waals surface area contributed by atoms with Gasteiger partial charge in [0.25, 0.3) is 0 Å². The molecule has 1 aromatic heterocycles. The van der Waals surface area contributed by atoms with Gasteiger partial charge in [0, 0.05) is 11.3 Å². The minimum Gasteiger partial charge on any atom is -0.309 e. The van der Waals surface area contributed by atoms with Crippen molar-refractivity contribution in [1.29, 1.82) is 0 Å². The first-order valence-corrected chi connectivity index (χ1v) is 9.49. The van der Waals surface area contributed by atoms with E-state index in [1.807, 2.05) is 6.26 Å². The second-order valence-corrected chi connectivity index (χ2v) is 7.96. The van der Waals surface area contributed by atoms with Crippen LogP contribution in [0.15, 0.2) is 39.0 Å². The molecule has 0 amide bonds. The second-order valence-electron chi connectivity index (χ2n) is 4.31. The molecular formula is C14H19N3S3. The third-order valence-electron chi connectivity index (χ3n) is 2.90. The zero-order valence-electron chi connectivity index (χ0n) is 11.9. The van der Waals surface area contributed by atoms with Crippen LogP contribution >= 0.6 is 34.9 Å². The summed E-state index contributed by atoms with van der Waals surface area (Å²) in [5, 5.41) is 12.4. The number of nitrogens with zero attached hydrogens (tertiary/aromatic N) is 2. The van der Waals surface area contributed by atoms with Crippen LogP contribution in [-0.2, 0) is 0 Å². The molecule has 0 spiro atoms. The van der Waals surface area contributed by atoms with E-state index in [4.69, 9.17) is 0 Å². The van der Waals surface area contributed by atoms with Gasteiger partial charge in [0.05, 0.1) is 0 Å². The summed E-state index contributed by atoms with van der Waals surface area (Å²) in [5.41, 5.74) is 1.32. The Labute approximate surface area is 133 Å². The number of aromatic nitrogens is 2. The minimum atomic E-state index is 0.327. The largest absolute Gasteiger partial charge is 0.309 e. The zero-order valence-corrected chi connectivity index (χ0v) is 14.3. The molecule has 108 valence electrons. The number of benzene rings is 1. The maximum absolute atomic E-state index is 4.25. The van der Waals surface area contributed by atoms with Gasteiger partial charge in [0.1, 0.15) is 0 Å². The average Bonchev–Trinajstić information content (AvgIpc) is 2.93. The summed E-state index contributed by atoms with van der Waals surface area (Å²) >= 11 is 5.11. The Morgan fingerprint density at radius 2 is 1.90 bits per heavy atom. The highest BCUT2D eigenvalue weighted by molar-refractivity contribution is 8.03. The minimum absolute atomic E-state index is 0.327. The highest BCUT2D eigenvalue weighted by Gasteiger charge is 2.20. The van der Waals surface area contributed by atoms with Gasteiger partial charge in [-0.25, -0.2) is 0 Å². The van der Waals surface area contributed by atoms with Crippen molar-refractivity contribution in [3.05, 3.63) is 35.9 Å². The molecule has 0 aliphatic rings. The average molecular weight is 326 g/mol. The van der Waals surface area contributed by atoms with Gasteiger partial charge < -0.3 is 5.32 Å². The third-order valence-corrected chi connectivity index (χ3v) is 6.06. The lowest BCUT2D eigenvalue weighted by atomic mass is 10.0. The molecule has 2 unspecified atom stereocenters. The molecule has 0 aliphatic heterocycles. The van der Waals surface area contributed by atoms with Crippen molar-refractivity contribution >= 4 is 34.9 Å². The van der Waals surface area contributed by atoms with Crippen molar-refractivity contribution in [2.75, 3.05) is 12.8 Å². The molecule has 0 aliphatic carbocycles. The number of hydrogen-bond donors (Lipinski definition) is 1. The van der Waals surface area contributed by atoms with Crippen LogP contribution in [0.1, 0.15) is 25.5 Å². The van der Waals surface area contributed by atoms with Crippen molar-refractivity contribution in [2.24, 2.45) is 0 Å². The molecule has 0 radical (unpaired) electrons. The smallest absolute Gasteiger partial charge is 0.175 e. The van der Waals surface area contributed by atoms with Crippen molar-refractivity contribution in [2.45, 2.75) is 33.8 Å². The summed E-state index contributed by atoms with van der Waals surface area (Å²) in [7, 11) is 0. The highest BCUT2D eigenvalue weighted by atomic mass is 32.2. The fraction of sp³-hybridized carbons (Fsp3) is 0.429. The lowest BCUT2D eigenvalue weighted by Crippen LogP contribution is -2.28.